The van der Waals surface area contributed by atoms with Crippen LogP contribution in [0.1, 0.15) is 49.9 Å². The summed E-state index contributed by atoms with van der Waals surface area (Å²) in [5, 5.41) is 3.75. The van der Waals surface area contributed by atoms with Gasteiger partial charge in [-0.1, -0.05) is 131 Å². The maximum absolute atomic E-state index is 3.75. The molecule has 2 aliphatic rings. The fourth-order valence-corrected chi connectivity index (χ4v) is 7.43. The van der Waals surface area contributed by atoms with E-state index in [2.05, 4.69) is 166 Å². The first kappa shape index (κ1) is 25.8. The van der Waals surface area contributed by atoms with E-state index < -0.39 is 0 Å². The summed E-state index contributed by atoms with van der Waals surface area (Å²) >= 11 is 0. The zero-order chi connectivity index (χ0) is 29.3. The molecule has 43 heavy (non-hydrogen) atoms. The number of anilines is 2. The van der Waals surface area contributed by atoms with Gasteiger partial charge in [0.15, 0.2) is 0 Å². The van der Waals surface area contributed by atoms with Gasteiger partial charge >= 0.3 is 0 Å². The fourth-order valence-electron chi connectivity index (χ4n) is 7.43. The molecule has 8 rings (SSSR count). The van der Waals surface area contributed by atoms with Crippen molar-refractivity contribution < 1.29 is 0 Å². The molecule has 2 aliphatic carbocycles. The van der Waals surface area contributed by atoms with Crippen LogP contribution in [0.2, 0.25) is 0 Å². The first-order valence-electron chi connectivity index (χ1n) is 15.3. The predicted octanol–water partition coefficient (Wildman–Crippen LogP) is 11.4. The molecule has 0 radical (unpaired) electrons. The molecule has 1 heteroatoms. The molecule has 0 fully saturated rings. The first-order chi connectivity index (χ1) is 20.8. The SMILES string of the molecule is CC1(C)c2ccccc2-c2ccc(Nc3ccc4c(c3)C(C)(C)c3cc(-c5ccc(-c6ccccc6)cc5)ccc3-4)cc21. The highest BCUT2D eigenvalue weighted by molar-refractivity contribution is 5.86. The van der Waals surface area contributed by atoms with Gasteiger partial charge in [-0.15, -0.1) is 0 Å². The lowest BCUT2D eigenvalue weighted by Crippen LogP contribution is -2.15. The molecule has 0 aliphatic heterocycles. The lowest BCUT2D eigenvalue weighted by Gasteiger charge is -2.23. The summed E-state index contributed by atoms with van der Waals surface area (Å²) in [5.41, 5.74) is 18.1. The van der Waals surface area contributed by atoms with Crippen LogP contribution in [0.4, 0.5) is 11.4 Å². The molecule has 0 saturated heterocycles. The Balaban J connectivity index is 1.09. The topological polar surface area (TPSA) is 12.0 Å². The maximum atomic E-state index is 3.75. The average molecular weight is 554 g/mol. The quantitative estimate of drug-likeness (QED) is 0.229. The normalized spacial score (nSPS) is 14.9. The van der Waals surface area contributed by atoms with Crippen LogP contribution in [0, 0.1) is 0 Å². The summed E-state index contributed by atoms with van der Waals surface area (Å²) in [4.78, 5) is 0. The van der Waals surface area contributed by atoms with Gasteiger partial charge in [-0.25, -0.2) is 0 Å². The van der Waals surface area contributed by atoms with Crippen molar-refractivity contribution in [2.45, 2.75) is 38.5 Å². The number of hydrogen-bond donors (Lipinski definition) is 1. The third-order valence-corrected chi connectivity index (χ3v) is 9.87. The monoisotopic (exact) mass is 553 g/mol. The molecule has 0 spiro atoms. The molecule has 208 valence electrons. The van der Waals surface area contributed by atoms with Crippen molar-refractivity contribution in [3.05, 3.63) is 156 Å². The van der Waals surface area contributed by atoms with E-state index >= 15 is 0 Å². The molecule has 1 nitrogen and oxygen atoms in total. The molecular formula is C42H35N. The van der Waals surface area contributed by atoms with E-state index in [4.69, 9.17) is 0 Å². The van der Waals surface area contributed by atoms with Crippen molar-refractivity contribution in [2.24, 2.45) is 0 Å². The zero-order valence-electron chi connectivity index (χ0n) is 25.2. The van der Waals surface area contributed by atoms with E-state index in [1.807, 2.05) is 0 Å². The minimum Gasteiger partial charge on any atom is -0.356 e. The van der Waals surface area contributed by atoms with E-state index in [1.165, 1.54) is 66.8 Å². The van der Waals surface area contributed by atoms with Crippen molar-refractivity contribution in [1.29, 1.82) is 0 Å². The van der Waals surface area contributed by atoms with Gasteiger partial charge < -0.3 is 5.32 Å². The lowest BCUT2D eigenvalue weighted by atomic mass is 9.81. The van der Waals surface area contributed by atoms with Gasteiger partial charge in [0, 0.05) is 22.2 Å². The summed E-state index contributed by atoms with van der Waals surface area (Å²) < 4.78 is 0. The Labute approximate surface area is 254 Å². The van der Waals surface area contributed by atoms with E-state index in [0.717, 1.165) is 11.4 Å². The van der Waals surface area contributed by atoms with Gasteiger partial charge in [-0.05, 0) is 97.1 Å². The number of nitrogens with one attached hydrogen (secondary N) is 1. The molecule has 0 aromatic heterocycles. The van der Waals surface area contributed by atoms with Gasteiger partial charge in [0.25, 0.3) is 0 Å². The number of rotatable bonds is 4. The van der Waals surface area contributed by atoms with Crippen LogP contribution in [0.25, 0.3) is 44.5 Å². The van der Waals surface area contributed by atoms with Gasteiger partial charge in [-0.2, -0.15) is 0 Å². The van der Waals surface area contributed by atoms with Gasteiger partial charge in [0.1, 0.15) is 0 Å². The van der Waals surface area contributed by atoms with Crippen molar-refractivity contribution in [3.8, 4) is 44.5 Å². The molecule has 0 bridgehead atoms. The summed E-state index contributed by atoms with van der Waals surface area (Å²) in [6, 6.07) is 49.1. The molecular weight excluding hydrogens is 518 g/mol. The smallest absolute Gasteiger partial charge is 0.0387 e. The fraction of sp³-hybridized carbons (Fsp3) is 0.143. The number of hydrogen-bond acceptors (Lipinski definition) is 1. The molecule has 6 aromatic carbocycles. The average Bonchev–Trinajstić information content (AvgIpc) is 3.40. The summed E-state index contributed by atoms with van der Waals surface area (Å²) in [5.74, 6) is 0. The second kappa shape index (κ2) is 9.31. The molecule has 0 unspecified atom stereocenters. The van der Waals surface area contributed by atoms with E-state index in [9.17, 15) is 0 Å². The van der Waals surface area contributed by atoms with Gasteiger partial charge in [-0.3, -0.25) is 0 Å². The maximum Gasteiger partial charge on any atom is 0.0387 e. The van der Waals surface area contributed by atoms with E-state index in [-0.39, 0.29) is 10.8 Å². The molecule has 6 aromatic rings. The molecule has 0 amide bonds. The van der Waals surface area contributed by atoms with Crippen LogP contribution >= 0.6 is 0 Å². The summed E-state index contributed by atoms with van der Waals surface area (Å²) in [6.45, 7) is 9.39. The Morgan fingerprint density at radius 3 is 1.40 bits per heavy atom. The van der Waals surface area contributed by atoms with Crippen LogP contribution in [-0.2, 0) is 10.8 Å². The first-order valence-corrected chi connectivity index (χ1v) is 15.3. The summed E-state index contributed by atoms with van der Waals surface area (Å²) in [6.07, 6.45) is 0. The zero-order valence-corrected chi connectivity index (χ0v) is 25.2. The lowest BCUT2D eigenvalue weighted by molar-refractivity contribution is 0.660. The second-order valence-electron chi connectivity index (χ2n) is 13.1. The Hall–Kier alpha value is -4.88. The van der Waals surface area contributed by atoms with Gasteiger partial charge in [0.2, 0.25) is 0 Å². The molecule has 0 saturated carbocycles. The van der Waals surface area contributed by atoms with Crippen LogP contribution < -0.4 is 5.32 Å². The van der Waals surface area contributed by atoms with Crippen molar-refractivity contribution in [3.63, 3.8) is 0 Å². The van der Waals surface area contributed by atoms with E-state index in [0.29, 0.717) is 0 Å². The van der Waals surface area contributed by atoms with Crippen LogP contribution in [0.15, 0.2) is 133 Å². The number of fused-ring (bicyclic) bond motifs is 6. The Morgan fingerprint density at radius 2 is 0.767 bits per heavy atom. The van der Waals surface area contributed by atoms with Crippen LogP contribution in [-0.4, -0.2) is 0 Å². The second-order valence-corrected chi connectivity index (χ2v) is 13.1. The Kier molecular flexibility index (Phi) is 5.59. The minimum atomic E-state index is -0.0933. The third-order valence-electron chi connectivity index (χ3n) is 9.87. The largest absolute Gasteiger partial charge is 0.356 e. The Bertz CT molecular complexity index is 2030. The van der Waals surface area contributed by atoms with Crippen LogP contribution in [0.5, 0.6) is 0 Å². The highest BCUT2D eigenvalue weighted by atomic mass is 14.9. The predicted molar refractivity (Wildman–Crippen MR) is 182 cm³/mol. The standard InChI is InChI=1S/C42H35N/c1-41(2)37-13-9-8-12-33(37)35-22-19-31(25-39(35)41)43-32-20-23-36-34-21-18-30(24-38(34)42(3,4)40(36)26-32)29-16-14-28(15-17-29)27-10-6-5-7-11-27/h5-26,43H,1-4H3. The van der Waals surface area contributed by atoms with Crippen LogP contribution in [0.3, 0.4) is 0 Å². The van der Waals surface area contributed by atoms with E-state index in [1.54, 1.807) is 0 Å². The third kappa shape index (κ3) is 3.99. The van der Waals surface area contributed by atoms with Crippen molar-refractivity contribution in [2.75, 3.05) is 5.32 Å². The van der Waals surface area contributed by atoms with Gasteiger partial charge in [0.05, 0.1) is 0 Å². The molecule has 0 atom stereocenters. The highest BCUT2D eigenvalue weighted by Gasteiger charge is 2.37. The Morgan fingerprint density at radius 1 is 0.349 bits per heavy atom. The van der Waals surface area contributed by atoms with Crippen molar-refractivity contribution in [1.82, 2.24) is 0 Å². The summed E-state index contributed by atoms with van der Waals surface area (Å²) in [7, 11) is 0. The molecule has 1 N–H and O–H groups in total. The highest BCUT2D eigenvalue weighted by Crippen LogP contribution is 2.52. The molecule has 0 heterocycles. The van der Waals surface area contributed by atoms with Crippen molar-refractivity contribution >= 4 is 11.4 Å². The number of benzene rings is 6. The minimum absolute atomic E-state index is 0.00916.